The third-order valence-electron chi connectivity index (χ3n) is 5.73. The van der Waals surface area contributed by atoms with E-state index in [1.54, 1.807) is 0 Å². The zero-order chi connectivity index (χ0) is 20.4. The van der Waals surface area contributed by atoms with Gasteiger partial charge in [-0.3, -0.25) is 9.48 Å². The van der Waals surface area contributed by atoms with Gasteiger partial charge in [0.25, 0.3) is 5.91 Å². The van der Waals surface area contributed by atoms with Crippen LogP contribution in [0.25, 0.3) is 0 Å². The zero-order valence-electron chi connectivity index (χ0n) is 16.9. The fourth-order valence-corrected chi connectivity index (χ4v) is 4.06. The Balaban J connectivity index is 1.34. The molecule has 0 bridgehead atoms. The molecule has 2 aliphatic heterocycles. The summed E-state index contributed by atoms with van der Waals surface area (Å²) in [7, 11) is 0. The van der Waals surface area contributed by atoms with E-state index in [1.165, 1.54) is 5.69 Å². The van der Waals surface area contributed by atoms with Gasteiger partial charge in [0.1, 0.15) is 5.75 Å². The fourth-order valence-electron chi connectivity index (χ4n) is 4.06. The molecule has 0 aliphatic carbocycles. The zero-order valence-corrected chi connectivity index (χ0v) is 16.9. The molecule has 2 aliphatic rings. The Morgan fingerprint density at radius 1 is 1.34 bits per heavy atom. The number of amides is 3. The van der Waals surface area contributed by atoms with Gasteiger partial charge in [0.2, 0.25) is 0 Å². The van der Waals surface area contributed by atoms with Gasteiger partial charge in [0, 0.05) is 37.4 Å². The van der Waals surface area contributed by atoms with E-state index in [-0.39, 0.29) is 24.6 Å². The van der Waals surface area contributed by atoms with Crippen molar-refractivity contribution in [3.05, 3.63) is 41.7 Å². The Kier molecular flexibility index (Phi) is 5.42. The number of hydrogen-bond acceptors (Lipinski definition) is 4. The molecule has 1 fully saturated rings. The maximum atomic E-state index is 12.7. The molecule has 8 heteroatoms. The van der Waals surface area contributed by atoms with Crippen LogP contribution < -0.4 is 15.4 Å². The normalized spacial score (nSPS) is 17.9. The van der Waals surface area contributed by atoms with Crippen molar-refractivity contribution in [2.24, 2.45) is 0 Å². The fraction of sp³-hybridized carbons (Fsp3) is 0.476. The average Bonchev–Trinajstić information content (AvgIpc) is 3.22. The lowest BCUT2D eigenvalue weighted by molar-refractivity contribution is -0.118. The highest BCUT2D eigenvalue weighted by Gasteiger charge is 2.26. The van der Waals surface area contributed by atoms with Crippen molar-refractivity contribution in [2.75, 3.05) is 25.0 Å². The number of aryl methyl sites for hydroxylation is 1. The number of hydrogen-bond donors (Lipinski definition) is 2. The molecule has 8 nitrogen and oxygen atoms in total. The van der Waals surface area contributed by atoms with Crippen molar-refractivity contribution in [3.63, 3.8) is 0 Å². The van der Waals surface area contributed by atoms with Crippen LogP contribution in [0.15, 0.2) is 30.5 Å². The molecule has 4 rings (SSSR count). The van der Waals surface area contributed by atoms with Crippen LogP contribution >= 0.6 is 0 Å². The topological polar surface area (TPSA) is 88.5 Å². The van der Waals surface area contributed by atoms with Crippen LogP contribution in [0.3, 0.4) is 0 Å². The Hall–Kier alpha value is -3.03. The number of likely N-dealkylation sites (tertiary alicyclic amines) is 1. The summed E-state index contributed by atoms with van der Waals surface area (Å²) in [6.45, 7) is 6.40. The second-order valence-corrected chi connectivity index (χ2v) is 7.60. The predicted octanol–water partition coefficient (Wildman–Crippen LogP) is 2.88. The van der Waals surface area contributed by atoms with E-state index in [1.807, 2.05) is 40.9 Å². The van der Waals surface area contributed by atoms with Gasteiger partial charge >= 0.3 is 6.03 Å². The second-order valence-electron chi connectivity index (χ2n) is 7.60. The number of rotatable bonds is 4. The number of fused-ring (bicyclic) bond motifs is 1. The van der Waals surface area contributed by atoms with Crippen LogP contribution in [-0.2, 0) is 11.3 Å². The van der Waals surface area contributed by atoms with Crippen LogP contribution in [0.4, 0.5) is 10.5 Å². The van der Waals surface area contributed by atoms with E-state index in [9.17, 15) is 9.59 Å². The molecule has 154 valence electrons. The monoisotopic (exact) mass is 397 g/mol. The van der Waals surface area contributed by atoms with Gasteiger partial charge in [-0.25, -0.2) is 4.79 Å². The molecule has 1 atom stereocenters. The van der Waals surface area contributed by atoms with Crippen molar-refractivity contribution in [2.45, 2.75) is 45.2 Å². The van der Waals surface area contributed by atoms with Crippen LogP contribution in [0.1, 0.15) is 49.9 Å². The molecule has 0 spiro atoms. The Bertz CT molecular complexity index is 901. The smallest absolute Gasteiger partial charge is 0.317 e. The van der Waals surface area contributed by atoms with Crippen molar-refractivity contribution in [1.29, 1.82) is 0 Å². The van der Waals surface area contributed by atoms with Crippen molar-refractivity contribution >= 4 is 17.6 Å². The summed E-state index contributed by atoms with van der Waals surface area (Å²) in [6.07, 6.45) is 3.73. The minimum absolute atomic E-state index is 0.0354. The molecular formula is C21H27N5O3. The van der Waals surface area contributed by atoms with E-state index in [4.69, 9.17) is 4.74 Å². The summed E-state index contributed by atoms with van der Waals surface area (Å²) in [5.74, 6) is 0.932. The molecule has 2 N–H and O–H groups in total. The molecule has 1 aromatic carbocycles. The number of carbonyl (C=O) groups is 2. The quantitative estimate of drug-likeness (QED) is 0.830. The third kappa shape index (κ3) is 4.06. The van der Waals surface area contributed by atoms with Crippen LogP contribution in [0.5, 0.6) is 5.75 Å². The number of ether oxygens (including phenoxy) is 1. The van der Waals surface area contributed by atoms with E-state index < -0.39 is 0 Å². The lowest BCUT2D eigenvalue weighted by atomic mass is 9.93. The van der Waals surface area contributed by atoms with Crippen LogP contribution in [-0.4, -0.2) is 46.3 Å². The summed E-state index contributed by atoms with van der Waals surface area (Å²) >= 11 is 0. The summed E-state index contributed by atoms with van der Waals surface area (Å²) in [5, 5.41) is 10.2. The number of nitrogens with zero attached hydrogens (tertiary/aromatic N) is 3. The summed E-state index contributed by atoms with van der Waals surface area (Å²) in [5.41, 5.74) is 2.83. The van der Waals surface area contributed by atoms with E-state index in [0.717, 1.165) is 38.0 Å². The maximum Gasteiger partial charge on any atom is 0.317 e. The lowest BCUT2D eigenvalue weighted by Gasteiger charge is -2.33. The minimum Gasteiger partial charge on any atom is -0.482 e. The second kappa shape index (κ2) is 8.14. The van der Waals surface area contributed by atoms with Crippen molar-refractivity contribution in [1.82, 2.24) is 20.0 Å². The van der Waals surface area contributed by atoms with Crippen molar-refractivity contribution in [3.8, 4) is 5.75 Å². The number of benzene rings is 1. The summed E-state index contributed by atoms with van der Waals surface area (Å²) in [4.78, 5) is 26.1. The van der Waals surface area contributed by atoms with E-state index >= 15 is 0 Å². The molecule has 0 saturated carbocycles. The molecule has 1 unspecified atom stereocenters. The Labute approximate surface area is 170 Å². The Morgan fingerprint density at radius 2 is 2.14 bits per heavy atom. The largest absolute Gasteiger partial charge is 0.482 e. The maximum absolute atomic E-state index is 12.7. The van der Waals surface area contributed by atoms with Gasteiger partial charge in [-0.15, -0.1) is 0 Å². The molecule has 29 heavy (non-hydrogen) atoms. The standard InChI is InChI=1S/C21H27N5O3/c1-3-26-18(6-9-22-26)15-7-10-25(11-8-15)21(28)23-14(2)16-4-5-19-17(12-16)24-20(27)13-29-19/h4-6,9,12,14-15H,3,7-8,10-11,13H2,1-2H3,(H,23,28)(H,24,27). The SMILES string of the molecule is CCn1nccc1C1CCN(C(=O)NC(C)c2ccc3c(c2)NC(=O)CO3)CC1. The lowest BCUT2D eigenvalue weighted by Crippen LogP contribution is -2.45. The minimum atomic E-state index is -0.175. The van der Waals surface area contributed by atoms with Gasteiger partial charge < -0.3 is 20.3 Å². The van der Waals surface area contributed by atoms with Gasteiger partial charge in [0.05, 0.1) is 11.7 Å². The first kappa shape index (κ1) is 19.3. The molecule has 3 heterocycles. The number of urea groups is 1. The van der Waals surface area contributed by atoms with Crippen LogP contribution in [0, 0.1) is 0 Å². The van der Waals surface area contributed by atoms with Gasteiger partial charge in [-0.2, -0.15) is 5.10 Å². The molecule has 1 aromatic heterocycles. The highest BCUT2D eigenvalue weighted by atomic mass is 16.5. The number of aromatic nitrogens is 2. The Morgan fingerprint density at radius 3 is 2.90 bits per heavy atom. The molecule has 2 aromatic rings. The van der Waals surface area contributed by atoms with Crippen molar-refractivity contribution < 1.29 is 14.3 Å². The number of nitrogens with one attached hydrogen (secondary N) is 2. The highest BCUT2D eigenvalue weighted by Crippen LogP contribution is 2.31. The molecule has 0 radical (unpaired) electrons. The first-order valence-corrected chi connectivity index (χ1v) is 10.2. The number of anilines is 1. The first-order valence-electron chi connectivity index (χ1n) is 10.2. The summed E-state index contributed by atoms with van der Waals surface area (Å²) in [6, 6.07) is 7.46. The third-order valence-corrected chi connectivity index (χ3v) is 5.73. The van der Waals surface area contributed by atoms with E-state index in [0.29, 0.717) is 17.4 Å². The van der Waals surface area contributed by atoms with Gasteiger partial charge in [0.15, 0.2) is 6.61 Å². The number of piperidine rings is 1. The average molecular weight is 397 g/mol. The number of carbonyl (C=O) groups excluding carboxylic acids is 2. The highest BCUT2D eigenvalue weighted by molar-refractivity contribution is 5.95. The first-order chi connectivity index (χ1) is 14.0. The van der Waals surface area contributed by atoms with Gasteiger partial charge in [-0.1, -0.05) is 6.07 Å². The predicted molar refractivity (Wildman–Crippen MR) is 109 cm³/mol. The van der Waals surface area contributed by atoms with Crippen LogP contribution in [0.2, 0.25) is 0 Å². The molecule has 1 saturated heterocycles. The summed E-state index contributed by atoms with van der Waals surface area (Å²) < 4.78 is 7.43. The van der Waals surface area contributed by atoms with E-state index in [2.05, 4.69) is 28.7 Å². The molecule has 3 amide bonds. The molecular weight excluding hydrogens is 370 g/mol. The van der Waals surface area contributed by atoms with Gasteiger partial charge in [-0.05, 0) is 50.5 Å².